The van der Waals surface area contributed by atoms with Crippen LogP contribution in [-0.4, -0.2) is 37.1 Å². The lowest BCUT2D eigenvalue weighted by atomic mass is 10.2. The normalized spacial score (nSPS) is 11.0. The van der Waals surface area contributed by atoms with E-state index in [2.05, 4.69) is 10.3 Å². The average molecular weight is 300 g/mol. The summed E-state index contributed by atoms with van der Waals surface area (Å²) >= 11 is 0. The van der Waals surface area contributed by atoms with Crippen molar-refractivity contribution >= 4 is 18.0 Å². The Hall–Kier alpha value is -2.65. The van der Waals surface area contributed by atoms with Crippen LogP contribution in [0.4, 0.5) is 10.3 Å². The molecule has 0 fully saturated rings. The van der Waals surface area contributed by atoms with Crippen molar-refractivity contribution in [3.63, 3.8) is 0 Å². The van der Waals surface area contributed by atoms with E-state index >= 15 is 0 Å². The standard InChI is InChI=1S/C16H17FN4O/c1-21(2)10-9-19-16-14(11-18)20-15(22-16)8-5-12-3-6-13(17)7-4-12/h3-8,19H,9-10H2,1-2H3/b8-5+. The van der Waals surface area contributed by atoms with Crippen molar-refractivity contribution in [2.45, 2.75) is 0 Å². The Labute approximate surface area is 128 Å². The lowest BCUT2D eigenvalue weighted by molar-refractivity contribution is 0.422. The van der Waals surface area contributed by atoms with Crippen LogP contribution in [0.15, 0.2) is 28.7 Å². The van der Waals surface area contributed by atoms with Crippen LogP contribution in [0, 0.1) is 17.1 Å². The van der Waals surface area contributed by atoms with Gasteiger partial charge in [-0.05, 0) is 37.9 Å². The predicted octanol–water partition coefficient (Wildman–Crippen LogP) is 2.83. The molecule has 1 heterocycles. The first-order valence-electron chi connectivity index (χ1n) is 6.81. The third kappa shape index (κ3) is 4.43. The highest BCUT2D eigenvalue weighted by atomic mass is 19.1. The minimum Gasteiger partial charge on any atom is -0.420 e. The van der Waals surface area contributed by atoms with Gasteiger partial charge in [-0.3, -0.25) is 0 Å². The Bertz CT molecular complexity index is 683. The summed E-state index contributed by atoms with van der Waals surface area (Å²) < 4.78 is 18.3. The van der Waals surface area contributed by atoms with Crippen LogP contribution >= 0.6 is 0 Å². The molecule has 1 aromatic heterocycles. The van der Waals surface area contributed by atoms with Gasteiger partial charge < -0.3 is 14.6 Å². The minimum atomic E-state index is -0.285. The number of nitrogens with zero attached hydrogens (tertiary/aromatic N) is 3. The summed E-state index contributed by atoms with van der Waals surface area (Å²) in [6, 6.07) is 8.05. The summed E-state index contributed by atoms with van der Waals surface area (Å²) in [5.74, 6) is 0.406. The summed E-state index contributed by atoms with van der Waals surface area (Å²) in [6.45, 7) is 1.46. The van der Waals surface area contributed by atoms with Crippen molar-refractivity contribution in [2.75, 3.05) is 32.5 Å². The molecule has 0 spiro atoms. The van der Waals surface area contributed by atoms with E-state index in [0.717, 1.165) is 12.1 Å². The van der Waals surface area contributed by atoms with Gasteiger partial charge in [0, 0.05) is 19.2 Å². The third-order valence-corrected chi connectivity index (χ3v) is 2.88. The van der Waals surface area contributed by atoms with Crippen LogP contribution in [0.5, 0.6) is 0 Å². The topological polar surface area (TPSA) is 65.1 Å². The predicted molar refractivity (Wildman–Crippen MR) is 83.6 cm³/mol. The fraction of sp³-hybridized carbons (Fsp3) is 0.250. The second-order valence-electron chi connectivity index (χ2n) is 4.96. The molecular weight excluding hydrogens is 283 g/mol. The number of aromatic nitrogens is 1. The molecule has 0 radical (unpaired) electrons. The molecule has 1 aromatic carbocycles. The molecular formula is C16H17FN4O. The molecule has 0 aliphatic rings. The molecule has 0 saturated heterocycles. The highest BCUT2D eigenvalue weighted by Crippen LogP contribution is 2.18. The minimum absolute atomic E-state index is 0.220. The molecule has 0 saturated carbocycles. The molecule has 0 aliphatic carbocycles. The van der Waals surface area contributed by atoms with Gasteiger partial charge in [-0.15, -0.1) is 0 Å². The third-order valence-electron chi connectivity index (χ3n) is 2.88. The van der Waals surface area contributed by atoms with Gasteiger partial charge in [0.1, 0.15) is 11.9 Å². The number of anilines is 1. The summed E-state index contributed by atoms with van der Waals surface area (Å²) in [7, 11) is 3.92. The lowest BCUT2D eigenvalue weighted by Gasteiger charge is -2.09. The molecule has 0 bridgehead atoms. The van der Waals surface area contributed by atoms with E-state index in [1.165, 1.54) is 12.1 Å². The zero-order valence-corrected chi connectivity index (χ0v) is 12.5. The summed E-state index contributed by atoms with van der Waals surface area (Å²) in [4.78, 5) is 6.11. The quantitative estimate of drug-likeness (QED) is 0.888. The van der Waals surface area contributed by atoms with Crippen LogP contribution in [0.3, 0.4) is 0 Å². The maximum atomic E-state index is 12.8. The maximum absolute atomic E-state index is 12.8. The van der Waals surface area contributed by atoms with Crippen molar-refractivity contribution in [1.82, 2.24) is 9.88 Å². The molecule has 2 aromatic rings. The number of rotatable bonds is 6. The second kappa shape index (κ2) is 7.38. The van der Waals surface area contributed by atoms with Gasteiger partial charge in [-0.1, -0.05) is 12.1 Å². The fourth-order valence-corrected chi connectivity index (χ4v) is 1.74. The lowest BCUT2D eigenvalue weighted by Crippen LogP contribution is -2.20. The molecule has 22 heavy (non-hydrogen) atoms. The largest absolute Gasteiger partial charge is 0.420 e. The molecule has 0 aliphatic heterocycles. The number of benzene rings is 1. The van der Waals surface area contributed by atoms with Gasteiger partial charge in [0.2, 0.25) is 17.5 Å². The molecule has 1 N–H and O–H groups in total. The zero-order valence-electron chi connectivity index (χ0n) is 12.5. The Balaban J connectivity index is 2.07. The molecule has 114 valence electrons. The van der Waals surface area contributed by atoms with Crippen LogP contribution in [-0.2, 0) is 0 Å². The van der Waals surface area contributed by atoms with Gasteiger partial charge >= 0.3 is 0 Å². The maximum Gasteiger partial charge on any atom is 0.232 e. The number of hydrogen-bond acceptors (Lipinski definition) is 5. The van der Waals surface area contributed by atoms with Gasteiger partial charge in [0.25, 0.3) is 0 Å². The number of nitrogens with one attached hydrogen (secondary N) is 1. The number of oxazole rings is 1. The van der Waals surface area contributed by atoms with Gasteiger partial charge in [0.05, 0.1) is 0 Å². The van der Waals surface area contributed by atoms with E-state index in [-0.39, 0.29) is 11.5 Å². The number of nitriles is 1. The molecule has 2 rings (SSSR count). The van der Waals surface area contributed by atoms with E-state index in [1.807, 2.05) is 25.1 Å². The van der Waals surface area contributed by atoms with E-state index < -0.39 is 0 Å². The molecule has 0 unspecified atom stereocenters. The smallest absolute Gasteiger partial charge is 0.232 e. The number of halogens is 1. The molecule has 6 heteroatoms. The Kier molecular flexibility index (Phi) is 5.28. The monoisotopic (exact) mass is 300 g/mol. The molecule has 0 atom stereocenters. The van der Waals surface area contributed by atoms with Crippen LogP contribution < -0.4 is 5.32 Å². The van der Waals surface area contributed by atoms with E-state index in [9.17, 15) is 4.39 Å². The first kappa shape index (κ1) is 15.7. The molecule has 0 amide bonds. The van der Waals surface area contributed by atoms with Crippen molar-refractivity contribution in [3.8, 4) is 6.07 Å². The van der Waals surface area contributed by atoms with Crippen molar-refractivity contribution in [3.05, 3.63) is 47.2 Å². The summed E-state index contributed by atoms with van der Waals surface area (Å²) in [6.07, 6.45) is 3.39. The van der Waals surface area contributed by atoms with Crippen molar-refractivity contribution < 1.29 is 8.81 Å². The zero-order chi connectivity index (χ0) is 15.9. The Morgan fingerprint density at radius 1 is 1.32 bits per heavy atom. The SMILES string of the molecule is CN(C)CCNc1oc(/C=C/c2ccc(F)cc2)nc1C#N. The highest BCUT2D eigenvalue weighted by molar-refractivity contribution is 5.67. The first-order chi connectivity index (χ1) is 10.6. The van der Waals surface area contributed by atoms with Gasteiger partial charge in [-0.25, -0.2) is 4.39 Å². The average Bonchev–Trinajstić information content (AvgIpc) is 2.89. The Morgan fingerprint density at radius 3 is 2.68 bits per heavy atom. The van der Waals surface area contributed by atoms with E-state index in [1.54, 1.807) is 24.3 Å². The number of likely N-dealkylation sites (N-methyl/N-ethyl adjacent to an activating group) is 1. The van der Waals surface area contributed by atoms with Crippen molar-refractivity contribution in [1.29, 1.82) is 5.26 Å². The van der Waals surface area contributed by atoms with E-state index in [4.69, 9.17) is 9.68 Å². The van der Waals surface area contributed by atoms with Crippen LogP contribution in [0.25, 0.3) is 12.2 Å². The first-order valence-corrected chi connectivity index (χ1v) is 6.81. The second-order valence-corrected chi connectivity index (χ2v) is 4.96. The number of hydrogen-bond donors (Lipinski definition) is 1. The Morgan fingerprint density at radius 2 is 2.05 bits per heavy atom. The summed E-state index contributed by atoms with van der Waals surface area (Å²) in [5, 5.41) is 12.1. The fourth-order valence-electron chi connectivity index (χ4n) is 1.74. The van der Waals surface area contributed by atoms with E-state index in [0.29, 0.717) is 18.3 Å². The highest BCUT2D eigenvalue weighted by Gasteiger charge is 2.10. The summed E-state index contributed by atoms with van der Waals surface area (Å²) in [5.41, 5.74) is 1.04. The molecule has 5 nitrogen and oxygen atoms in total. The van der Waals surface area contributed by atoms with Crippen LogP contribution in [0.2, 0.25) is 0 Å². The van der Waals surface area contributed by atoms with Crippen LogP contribution in [0.1, 0.15) is 17.1 Å². The van der Waals surface area contributed by atoms with Crippen molar-refractivity contribution in [2.24, 2.45) is 0 Å². The van der Waals surface area contributed by atoms with Gasteiger partial charge in [-0.2, -0.15) is 10.2 Å². The van der Waals surface area contributed by atoms with Gasteiger partial charge in [0.15, 0.2) is 0 Å².